The highest BCUT2D eigenvalue weighted by molar-refractivity contribution is 8.00. The first-order valence-corrected chi connectivity index (χ1v) is 6.48. The normalized spacial score (nSPS) is 13.1. The van der Waals surface area contributed by atoms with Gasteiger partial charge in [-0.1, -0.05) is 17.7 Å². The maximum atomic E-state index is 12.0. The molecule has 1 amide bonds. The maximum Gasteiger partial charge on any atom is 0.416 e. The fourth-order valence-electron chi connectivity index (χ4n) is 1.16. The molecule has 0 aromatic heterocycles. The van der Waals surface area contributed by atoms with Gasteiger partial charge in [0.1, 0.15) is 0 Å². The van der Waals surface area contributed by atoms with Gasteiger partial charge in [0.15, 0.2) is 6.10 Å². The Morgan fingerprint density at radius 3 is 2.47 bits per heavy atom. The summed E-state index contributed by atoms with van der Waals surface area (Å²) in [6, 6.07) is 7.43. The molecule has 3 nitrogen and oxygen atoms in total. The molecular weight excluding hydrogens is 279 g/mol. The number of amides is 1. The lowest BCUT2D eigenvalue weighted by molar-refractivity contribution is -0.201. The average Bonchev–Trinajstić information content (AvgIpc) is 2.34. The number of aryl methyl sites for hydroxylation is 1. The van der Waals surface area contributed by atoms with Crippen molar-refractivity contribution in [3.8, 4) is 0 Å². The first-order chi connectivity index (χ1) is 8.79. The number of aliphatic hydroxyl groups is 1. The molecule has 0 radical (unpaired) electrons. The second-order valence-electron chi connectivity index (χ2n) is 3.96. The van der Waals surface area contributed by atoms with Gasteiger partial charge in [-0.3, -0.25) is 4.79 Å². The Labute approximate surface area is 113 Å². The Balaban J connectivity index is 2.30. The second kappa shape index (κ2) is 6.81. The molecule has 0 spiro atoms. The van der Waals surface area contributed by atoms with Gasteiger partial charge in [0.2, 0.25) is 5.91 Å². The van der Waals surface area contributed by atoms with Gasteiger partial charge < -0.3 is 10.4 Å². The van der Waals surface area contributed by atoms with Crippen LogP contribution in [-0.4, -0.2) is 35.6 Å². The number of carbonyl (C=O) groups excluding carboxylic acids is 1. The number of nitrogens with one attached hydrogen (secondary N) is 1. The lowest BCUT2D eigenvalue weighted by Gasteiger charge is -2.14. The number of hydrogen-bond donors (Lipinski definition) is 2. The third-order valence-electron chi connectivity index (χ3n) is 2.26. The molecule has 0 aliphatic heterocycles. The molecule has 1 aromatic rings. The summed E-state index contributed by atoms with van der Waals surface area (Å²) >= 11 is 1.22. The maximum absolute atomic E-state index is 12.0. The van der Waals surface area contributed by atoms with Crippen molar-refractivity contribution < 1.29 is 23.1 Å². The molecular formula is C12H14F3NO2S. The number of rotatable bonds is 5. The third kappa shape index (κ3) is 5.98. The van der Waals surface area contributed by atoms with Crippen LogP contribution in [0.3, 0.4) is 0 Å². The van der Waals surface area contributed by atoms with Crippen LogP contribution in [0.25, 0.3) is 0 Å². The Morgan fingerprint density at radius 1 is 1.37 bits per heavy atom. The quantitative estimate of drug-likeness (QED) is 0.818. The van der Waals surface area contributed by atoms with E-state index in [4.69, 9.17) is 5.11 Å². The molecule has 0 bridgehead atoms. The first-order valence-electron chi connectivity index (χ1n) is 5.50. The highest BCUT2D eigenvalue weighted by Gasteiger charge is 2.38. The van der Waals surface area contributed by atoms with Crippen molar-refractivity contribution >= 4 is 17.7 Å². The number of carbonyl (C=O) groups is 1. The van der Waals surface area contributed by atoms with E-state index in [1.54, 1.807) is 0 Å². The fourth-order valence-corrected chi connectivity index (χ4v) is 1.89. The highest BCUT2D eigenvalue weighted by atomic mass is 32.2. The molecule has 0 heterocycles. The molecule has 0 aliphatic rings. The van der Waals surface area contributed by atoms with E-state index in [0.717, 1.165) is 10.5 Å². The van der Waals surface area contributed by atoms with Gasteiger partial charge in [0.25, 0.3) is 0 Å². The minimum atomic E-state index is -4.71. The number of halogens is 3. The highest BCUT2D eigenvalue weighted by Crippen LogP contribution is 2.20. The molecule has 0 saturated heterocycles. The Bertz CT molecular complexity index is 420. The molecule has 7 heteroatoms. The Hall–Kier alpha value is -1.21. The molecule has 0 saturated carbocycles. The standard InChI is InChI=1S/C12H14F3NO2S/c1-8-2-4-9(5-3-8)19-7-11(18)16-6-10(17)12(13,14)15/h2-5,10,17H,6-7H2,1H3,(H,16,18). The van der Waals surface area contributed by atoms with E-state index in [-0.39, 0.29) is 5.75 Å². The summed E-state index contributed by atoms with van der Waals surface area (Å²) in [5.74, 6) is -0.540. The molecule has 2 N–H and O–H groups in total. The van der Waals surface area contributed by atoms with Crippen LogP contribution in [0, 0.1) is 6.92 Å². The summed E-state index contributed by atoms with van der Waals surface area (Å²) in [5.41, 5.74) is 1.09. The topological polar surface area (TPSA) is 49.3 Å². The van der Waals surface area contributed by atoms with Gasteiger partial charge in [-0.25, -0.2) is 0 Å². The monoisotopic (exact) mass is 293 g/mol. The van der Waals surface area contributed by atoms with Crippen LogP contribution >= 0.6 is 11.8 Å². The summed E-state index contributed by atoms with van der Waals surface area (Å²) in [6.45, 7) is 1.11. The number of hydrogen-bond acceptors (Lipinski definition) is 3. The van der Waals surface area contributed by atoms with Gasteiger partial charge in [-0.15, -0.1) is 11.8 Å². The van der Waals surface area contributed by atoms with E-state index in [0.29, 0.717) is 0 Å². The van der Waals surface area contributed by atoms with Crippen LogP contribution in [0.5, 0.6) is 0 Å². The van der Waals surface area contributed by atoms with Crippen LogP contribution in [0.4, 0.5) is 13.2 Å². The third-order valence-corrected chi connectivity index (χ3v) is 3.27. The first kappa shape index (κ1) is 15.8. The van der Waals surface area contributed by atoms with Gasteiger partial charge in [-0.05, 0) is 19.1 Å². The van der Waals surface area contributed by atoms with Crippen LogP contribution in [0.2, 0.25) is 0 Å². The number of alkyl halides is 3. The van der Waals surface area contributed by atoms with Gasteiger partial charge in [0.05, 0.1) is 12.3 Å². The van der Waals surface area contributed by atoms with Crippen LogP contribution in [0.1, 0.15) is 5.56 Å². The number of thioether (sulfide) groups is 1. The molecule has 106 valence electrons. The minimum absolute atomic E-state index is 0.00758. The predicted molar refractivity (Wildman–Crippen MR) is 67.0 cm³/mol. The van der Waals surface area contributed by atoms with Crippen molar-refractivity contribution in [1.82, 2.24) is 5.32 Å². The molecule has 0 fully saturated rings. The molecule has 1 aromatic carbocycles. The Morgan fingerprint density at radius 2 is 1.95 bits per heavy atom. The smallest absolute Gasteiger partial charge is 0.382 e. The average molecular weight is 293 g/mol. The summed E-state index contributed by atoms with van der Waals surface area (Å²) in [4.78, 5) is 12.2. The summed E-state index contributed by atoms with van der Waals surface area (Å²) in [6.07, 6.45) is -7.24. The molecule has 1 atom stereocenters. The van der Waals surface area contributed by atoms with Crippen LogP contribution in [0.15, 0.2) is 29.2 Å². The number of benzene rings is 1. The zero-order valence-corrected chi connectivity index (χ0v) is 11.0. The van der Waals surface area contributed by atoms with E-state index < -0.39 is 24.7 Å². The van der Waals surface area contributed by atoms with E-state index in [2.05, 4.69) is 0 Å². The van der Waals surface area contributed by atoms with E-state index in [9.17, 15) is 18.0 Å². The molecule has 19 heavy (non-hydrogen) atoms. The Kier molecular flexibility index (Phi) is 5.68. The summed E-state index contributed by atoms with van der Waals surface area (Å²) in [5, 5.41) is 10.7. The molecule has 0 aliphatic carbocycles. The summed E-state index contributed by atoms with van der Waals surface area (Å²) < 4.78 is 35.9. The molecule has 1 unspecified atom stereocenters. The molecule has 1 rings (SSSR count). The van der Waals surface area contributed by atoms with Crippen molar-refractivity contribution in [3.63, 3.8) is 0 Å². The van der Waals surface area contributed by atoms with Gasteiger partial charge >= 0.3 is 6.18 Å². The number of aliphatic hydroxyl groups excluding tert-OH is 1. The predicted octanol–water partition coefficient (Wildman–Crippen LogP) is 2.13. The lowest BCUT2D eigenvalue weighted by atomic mass is 10.2. The van der Waals surface area contributed by atoms with Crippen molar-refractivity contribution in [2.24, 2.45) is 0 Å². The SMILES string of the molecule is Cc1ccc(SCC(=O)NCC(O)C(F)(F)F)cc1. The van der Waals surface area contributed by atoms with E-state index >= 15 is 0 Å². The zero-order chi connectivity index (χ0) is 14.5. The van der Waals surface area contributed by atoms with Gasteiger partial charge in [-0.2, -0.15) is 13.2 Å². The zero-order valence-electron chi connectivity index (χ0n) is 10.2. The minimum Gasteiger partial charge on any atom is -0.382 e. The van der Waals surface area contributed by atoms with Crippen molar-refractivity contribution in [2.45, 2.75) is 24.1 Å². The summed E-state index contributed by atoms with van der Waals surface area (Å²) in [7, 11) is 0. The van der Waals surface area contributed by atoms with Crippen molar-refractivity contribution in [3.05, 3.63) is 29.8 Å². The fraction of sp³-hybridized carbons (Fsp3) is 0.417. The van der Waals surface area contributed by atoms with Gasteiger partial charge in [0, 0.05) is 4.90 Å². The van der Waals surface area contributed by atoms with Crippen LogP contribution < -0.4 is 5.32 Å². The van der Waals surface area contributed by atoms with Crippen LogP contribution in [-0.2, 0) is 4.79 Å². The largest absolute Gasteiger partial charge is 0.416 e. The van der Waals surface area contributed by atoms with Crippen molar-refractivity contribution in [2.75, 3.05) is 12.3 Å². The second-order valence-corrected chi connectivity index (χ2v) is 5.01. The van der Waals surface area contributed by atoms with E-state index in [1.165, 1.54) is 11.8 Å². The lowest BCUT2D eigenvalue weighted by Crippen LogP contribution is -2.41. The van der Waals surface area contributed by atoms with Crippen molar-refractivity contribution in [1.29, 1.82) is 0 Å². The van der Waals surface area contributed by atoms with E-state index in [1.807, 2.05) is 36.5 Å².